The number of hydrogen-bond acceptors (Lipinski definition) is 6. The normalized spacial score (nSPS) is 15.5. The molecule has 9 heteroatoms. The second-order valence-corrected chi connectivity index (χ2v) is 9.89. The average molecular weight is 614 g/mol. The third-order valence-electron chi connectivity index (χ3n) is 5.28. The summed E-state index contributed by atoms with van der Waals surface area (Å²) in [4.78, 5) is 31.5. The lowest BCUT2D eigenvalue weighted by molar-refractivity contribution is -0.122. The van der Waals surface area contributed by atoms with Crippen LogP contribution in [0.25, 0.3) is 6.08 Å². The fourth-order valence-corrected chi connectivity index (χ4v) is 5.16. The van der Waals surface area contributed by atoms with Crippen molar-refractivity contribution in [2.45, 2.75) is 13.5 Å². The number of thioether (sulfide) groups is 1. The monoisotopic (exact) mass is 614 g/mol. The van der Waals surface area contributed by atoms with Crippen molar-refractivity contribution in [2.75, 3.05) is 13.7 Å². The number of carboxylic acids is 1. The molecule has 0 radical (unpaired) electrons. The van der Waals surface area contributed by atoms with Crippen molar-refractivity contribution in [3.05, 3.63) is 91.9 Å². The van der Waals surface area contributed by atoms with Gasteiger partial charge in [-0.1, -0.05) is 18.2 Å². The van der Waals surface area contributed by atoms with Crippen molar-refractivity contribution < 1.29 is 24.2 Å². The summed E-state index contributed by atoms with van der Waals surface area (Å²) in [6.45, 7) is 2.78. The Morgan fingerprint density at radius 1 is 1.11 bits per heavy atom. The van der Waals surface area contributed by atoms with Gasteiger partial charge in [0.15, 0.2) is 5.17 Å². The highest BCUT2D eigenvalue weighted by Crippen LogP contribution is 2.36. The number of hydrogen-bond donors (Lipinski definition) is 1. The Morgan fingerprint density at radius 3 is 2.44 bits per heavy atom. The standard InChI is InChI=1S/C27H23IN2O5S/c1-3-35-23-13-6-18(14-22(23)28)15-24-25(31)30(16-17-4-7-19(8-5-17)26(32)33)27(36-24)29-20-9-11-21(34-2)12-10-20/h4-15H,3,16H2,1-2H3,(H,32,33)/b24-15-,29-27?. The fourth-order valence-electron chi connectivity index (χ4n) is 3.46. The summed E-state index contributed by atoms with van der Waals surface area (Å²) in [5, 5.41) is 9.72. The second kappa shape index (κ2) is 11.6. The Morgan fingerprint density at radius 2 is 1.83 bits per heavy atom. The molecule has 0 spiro atoms. The molecule has 0 saturated carbocycles. The fraction of sp³-hybridized carbons (Fsp3) is 0.148. The van der Waals surface area contributed by atoms with E-state index in [-0.39, 0.29) is 18.0 Å². The number of halogens is 1. The number of nitrogens with zero attached hydrogens (tertiary/aromatic N) is 2. The van der Waals surface area contributed by atoms with Gasteiger partial charge in [-0.2, -0.15) is 0 Å². The SMILES string of the molecule is CCOc1ccc(/C=C2\SC(=Nc3ccc(OC)cc3)N(Cc3ccc(C(=O)O)cc3)C2=O)cc1I. The zero-order valence-corrected chi connectivity index (χ0v) is 22.6. The minimum absolute atomic E-state index is 0.168. The zero-order chi connectivity index (χ0) is 25.7. The van der Waals surface area contributed by atoms with Gasteiger partial charge in [0.1, 0.15) is 11.5 Å². The number of aliphatic imine (C=N–C) groups is 1. The van der Waals surface area contributed by atoms with Gasteiger partial charge in [0.25, 0.3) is 5.91 Å². The number of carbonyl (C=O) groups is 2. The van der Waals surface area contributed by atoms with Crippen LogP contribution in [0.3, 0.4) is 0 Å². The Labute approximate surface area is 227 Å². The molecule has 1 aliphatic rings. The number of amides is 1. The zero-order valence-electron chi connectivity index (χ0n) is 19.6. The molecule has 1 heterocycles. The molecule has 1 fully saturated rings. The Kier molecular flexibility index (Phi) is 8.32. The predicted molar refractivity (Wildman–Crippen MR) is 150 cm³/mol. The van der Waals surface area contributed by atoms with E-state index in [4.69, 9.17) is 14.5 Å². The van der Waals surface area contributed by atoms with Crippen LogP contribution in [0, 0.1) is 3.57 Å². The van der Waals surface area contributed by atoms with Gasteiger partial charge in [0.05, 0.1) is 40.0 Å². The minimum Gasteiger partial charge on any atom is -0.497 e. The molecule has 4 rings (SSSR count). The Hall–Kier alpha value is -3.31. The first-order chi connectivity index (χ1) is 17.4. The third kappa shape index (κ3) is 6.08. The number of methoxy groups -OCH3 is 1. The minimum atomic E-state index is -0.994. The third-order valence-corrected chi connectivity index (χ3v) is 7.13. The van der Waals surface area contributed by atoms with Crippen LogP contribution in [0.2, 0.25) is 0 Å². The summed E-state index contributed by atoms with van der Waals surface area (Å²) >= 11 is 3.52. The summed E-state index contributed by atoms with van der Waals surface area (Å²) in [6, 6.07) is 19.6. The van der Waals surface area contributed by atoms with E-state index in [9.17, 15) is 14.7 Å². The second-order valence-electron chi connectivity index (χ2n) is 7.72. The van der Waals surface area contributed by atoms with Gasteiger partial charge >= 0.3 is 5.97 Å². The van der Waals surface area contributed by atoms with Crippen LogP contribution >= 0.6 is 34.4 Å². The van der Waals surface area contributed by atoms with E-state index in [1.807, 2.05) is 55.5 Å². The van der Waals surface area contributed by atoms with Crippen LogP contribution in [-0.2, 0) is 11.3 Å². The summed E-state index contributed by atoms with van der Waals surface area (Å²) in [7, 11) is 1.60. The van der Waals surface area contributed by atoms with Gasteiger partial charge in [0.2, 0.25) is 0 Å². The molecule has 1 saturated heterocycles. The van der Waals surface area contributed by atoms with Crippen molar-refractivity contribution in [3.8, 4) is 11.5 Å². The molecule has 3 aromatic rings. The summed E-state index contributed by atoms with van der Waals surface area (Å²) < 4.78 is 11.8. The lowest BCUT2D eigenvalue weighted by Gasteiger charge is -2.16. The number of carboxylic acid groups (broad SMARTS) is 1. The van der Waals surface area contributed by atoms with Crippen molar-refractivity contribution in [1.29, 1.82) is 0 Å². The highest BCUT2D eigenvalue weighted by Gasteiger charge is 2.33. The quantitative estimate of drug-likeness (QED) is 0.240. The molecular weight excluding hydrogens is 591 g/mol. The first kappa shape index (κ1) is 25.8. The van der Waals surface area contributed by atoms with Crippen LogP contribution in [0.4, 0.5) is 5.69 Å². The lowest BCUT2D eigenvalue weighted by atomic mass is 10.1. The van der Waals surface area contributed by atoms with Gasteiger partial charge < -0.3 is 14.6 Å². The largest absolute Gasteiger partial charge is 0.497 e. The Balaban J connectivity index is 1.66. The number of ether oxygens (including phenoxy) is 2. The molecule has 1 aliphatic heterocycles. The average Bonchev–Trinajstić information content (AvgIpc) is 3.15. The van der Waals surface area contributed by atoms with Gasteiger partial charge in [-0.15, -0.1) is 0 Å². The predicted octanol–water partition coefficient (Wildman–Crippen LogP) is 6.20. The van der Waals surface area contributed by atoms with E-state index in [0.29, 0.717) is 22.4 Å². The van der Waals surface area contributed by atoms with Crippen LogP contribution < -0.4 is 9.47 Å². The number of aromatic carboxylic acids is 1. The lowest BCUT2D eigenvalue weighted by Crippen LogP contribution is -2.28. The molecule has 7 nitrogen and oxygen atoms in total. The molecule has 36 heavy (non-hydrogen) atoms. The van der Waals surface area contributed by atoms with Crippen molar-refractivity contribution in [1.82, 2.24) is 4.90 Å². The molecule has 184 valence electrons. The topological polar surface area (TPSA) is 88.4 Å². The van der Waals surface area contributed by atoms with E-state index in [1.165, 1.54) is 23.9 Å². The number of amidine groups is 1. The van der Waals surface area contributed by atoms with E-state index < -0.39 is 5.97 Å². The molecular formula is C27H23IN2O5S. The van der Waals surface area contributed by atoms with Crippen molar-refractivity contribution in [3.63, 3.8) is 0 Å². The summed E-state index contributed by atoms with van der Waals surface area (Å²) in [5.41, 5.74) is 2.57. The maximum Gasteiger partial charge on any atom is 0.335 e. The molecule has 0 unspecified atom stereocenters. The molecule has 0 atom stereocenters. The Bertz CT molecular complexity index is 1340. The maximum atomic E-state index is 13.5. The first-order valence-electron chi connectivity index (χ1n) is 11.1. The number of carbonyl (C=O) groups excluding carboxylic acids is 1. The van der Waals surface area contributed by atoms with Gasteiger partial charge in [0, 0.05) is 0 Å². The smallest absolute Gasteiger partial charge is 0.335 e. The molecule has 0 bridgehead atoms. The molecule has 1 amide bonds. The first-order valence-corrected chi connectivity index (χ1v) is 13.0. The van der Waals surface area contributed by atoms with E-state index in [0.717, 1.165) is 26.2 Å². The van der Waals surface area contributed by atoms with Gasteiger partial charge in [-0.25, -0.2) is 9.79 Å². The number of benzene rings is 3. The summed E-state index contributed by atoms with van der Waals surface area (Å²) in [5.74, 6) is 0.360. The number of rotatable bonds is 8. The molecule has 3 aromatic carbocycles. The van der Waals surface area contributed by atoms with Crippen LogP contribution in [-0.4, -0.2) is 40.8 Å². The van der Waals surface area contributed by atoms with Gasteiger partial charge in [-0.3, -0.25) is 9.69 Å². The van der Waals surface area contributed by atoms with E-state index in [2.05, 4.69) is 22.6 Å². The highest BCUT2D eigenvalue weighted by atomic mass is 127. The maximum absolute atomic E-state index is 13.5. The highest BCUT2D eigenvalue weighted by molar-refractivity contribution is 14.1. The van der Waals surface area contributed by atoms with Crippen molar-refractivity contribution >= 4 is 63.2 Å². The molecule has 0 aromatic heterocycles. The van der Waals surface area contributed by atoms with Crippen LogP contribution in [0.15, 0.2) is 76.6 Å². The van der Waals surface area contributed by atoms with Gasteiger partial charge in [-0.05, 0) is 107 Å². The van der Waals surface area contributed by atoms with E-state index >= 15 is 0 Å². The van der Waals surface area contributed by atoms with Crippen LogP contribution in [0.1, 0.15) is 28.4 Å². The molecule has 1 N–H and O–H groups in total. The van der Waals surface area contributed by atoms with Crippen LogP contribution in [0.5, 0.6) is 11.5 Å². The van der Waals surface area contributed by atoms with E-state index in [1.54, 1.807) is 24.1 Å². The van der Waals surface area contributed by atoms with Crippen molar-refractivity contribution in [2.24, 2.45) is 4.99 Å². The summed E-state index contributed by atoms with van der Waals surface area (Å²) in [6.07, 6.45) is 1.85. The molecule has 0 aliphatic carbocycles.